The lowest BCUT2D eigenvalue weighted by molar-refractivity contribution is 0.868. The van der Waals surface area contributed by atoms with E-state index in [2.05, 4.69) is 38.0 Å². The van der Waals surface area contributed by atoms with Crippen LogP contribution in [0.2, 0.25) is 0 Å². The minimum absolute atomic E-state index is 0.636. The Labute approximate surface area is 132 Å². The Morgan fingerprint density at radius 2 is 1.90 bits per heavy atom. The second-order valence-electron chi connectivity index (χ2n) is 4.57. The maximum absolute atomic E-state index is 5.62. The van der Waals surface area contributed by atoms with E-state index in [-0.39, 0.29) is 0 Å². The highest BCUT2D eigenvalue weighted by molar-refractivity contribution is 9.10. The van der Waals surface area contributed by atoms with Crippen LogP contribution >= 0.6 is 27.7 Å². The molecule has 0 unspecified atom stereocenters. The molecule has 0 aliphatic carbocycles. The topological polar surface area (TPSA) is 51.8 Å². The van der Waals surface area contributed by atoms with Crippen LogP contribution in [0.4, 0.5) is 0 Å². The Kier molecular flexibility index (Phi) is 5.57. The fraction of sp³-hybridized carbons (Fsp3) is 0.333. The molecule has 1 aromatic carbocycles. The number of rotatable bonds is 5. The van der Waals surface area contributed by atoms with Gasteiger partial charge in [0.2, 0.25) is 0 Å². The summed E-state index contributed by atoms with van der Waals surface area (Å²) in [6, 6.07) is 8.26. The van der Waals surface area contributed by atoms with Crippen molar-refractivity contribution in [2.24, 2.45) is 5.73 Å². The van der Waals surface area contributed by atoms with Gasteiger partial charge in [0.05, 0.1) is 5.75 Å². The summed E-state index contributed by atoms with van der Waals surface area (Å²) in [5, 5.41) is 0. The first-order valence-electron chi connectivity index (χ1n) is 6.51. The molecule has 0 aliphatic heterocycles. The standard InChI is InChI=1S/C15H18BrN3S/c1-10-14(6-7-17)11(2)19-15(18-10)9-20-13-5-3-4-12(16)8-13/h3-5,8H,6-7,9,17H2,1-2H3. The van der Waals surface area contributed by atoms with Crippen LogP contribution in [0.1, 0.15) is 22.8 Å². The van der Waals surface area contributed by atoms with Crippen molar-refractivity contribution in [2.45, 2.75) is 30.9 Å². The van der Waals surface area contributed by atoms with Crippen LogP contribution in [0.5, 0.6) is 0 Å². The highest BCUT2D eigenvalue weighted by atomic mass is 79.9. The average molecular weight is 352 g/mol. The second-order valence-corrected chi connectivity index (χ2v) is 6.54. The molecular weight excluding hydrogens is 334 g/mol. The van der Waals surface area contributed by atoms with Crippen molar-refractivity contribution in [3.05, 3.63) is 51.5 Å². The fourth-order valence-electron chi connectivity index (χ4n) is 2.08. The van der Waals surface area contributed by atoms with E-state index in [4.69, 9.17) is 5.73 Å². The van der Waals surface area contributed by atoms with E-state index in [0.717, 1.165) is 33.9 Å². The van der Waals surface area contributed by atoms with Gasteiger partial charge in [-0.3, -0.25) is 0 Å². The SMILES string of the molecule is Cc1nc(CSc2cccc(Br)c2)nc(C)c1CCN. The lowest BCUT2D eigenvalue weighted by Crippen LogP contribution is -2.10. The third-order valence-electron chi connectivity index (χ3n) is 3.03. The highest BCUT2D eigenvalue weighted by Gasteiger charge is 2.08. The number of thioether (sulfide) groups is 1. The van der Waals surface area contributed by atoms with Gasteiger partial charge in [-0.25, -0.2) is 9.97 Å². The maximum Gasteiger partial charge on any atom is 0.139 e. The summed E-state index contributed by atoms with van der Waals surface area (Å²) in [6.07, 6.45) is 0.844. The lowest BCUT2D eigenvalue weighted by atomic mass is 10.1. The Bertz CT molecular complexity index is 578. The summed E-state index contributed by atoms with van der Waals surface area (Å²) in [7, 11) is 0. The first kappa shape index (κ1) is 15.5. The van der Waals surface area contributed by atoms with E-state index in [9.17, 15) is 0 Å². The van der Waals surface area contributed by atoms with Gasteiger partial charge in [0, 0.05) is 20.8 Å². The van der Waals surface area contributed by atoms with Gasteiger partial charge in [-0.2, -0.15) is 0 Å². The lowest BCUT2D eigenvalue weighted by Gasteiger charge is -2.10. The van der Waals surface area contributed by atoms with Crippen molar-refractivity contribution in [2.75, 3.05) is 6.54 Å². The molecule has 0 spiro atoms. The Morgan fingerprint density at radius 3 is 2.50 bits per heavy atom. The molecule has 0 fully saturated rings. The zero-order chi connectivity index (χ0) is 14.5. The molecule has 0 atom stereocenters. The van der Waals surface area contributed by atoms with Crippen LogP contribution in [-0.2, 0) is 12.2 Å². The van der Waals surface area contributed by atoms with Crippen LogP contribution in [0.25, 0.3) is 0 Å². The van der Waals surface area contributed by atoms with E-state index in [1.807, 2.05) is 26.0 Å². The molecule has 0 amide bonds. The molecule has 0 saturated heterocycles. The monoisotopic (exact) mass is 351 g/mol. The van der Waals surface area contributed by atoms with Gasteiger partial charge in [-0.1, -0.05) is 22.0 Å². The van der Waals surface area contributed by atoms with Crippen LogP contribution in [0.3, 0.4) is 0 Å². The smallest absolute Gasteiger partial charge is 0.139 e. The van der Waals surface area contributed by atoms with E-state index >= 15 is 0 Å². The second kappa shape index (κ2) is 7.20. The first-order chi connectivity index (χ1) is 9.60. The van der Waals surface area contributed by atoms with Crippen molar-refractivity contribution < 1.29 is 0 Å². The number of aryl methyl sites for hydroxylation is 2. The van der Waals surface area contributed by atoms with Gasteiger partial charge in [0.1, 0.15) is 5.82 Å². The van der Waals surface area contributed by atoms with Crippen molar-refractivity contribution in [1.82, 2.24) is 9.97 Å². The Balaban J connectivity index is 2.10. The van der Waals surface area contributed by atoms with Crippen molar-refractivity contribution >= 4 is 27.7 Å². The predicted molar refractivity (Wildman–Crippen MR) is 88.0 cm³/mol. The average Bonchev–Trinajstić information content (AvgIpc) is 2.41. The van der Waals surface area contributed by atoms with Crippen LogP contribution in [-0.4, -0.2) is 16.5 Å². The van der Waals surface area contributed by atoms with Gasteiger partial charge in [-0.05, 0) is 50.6 Å². The maximum atomic E-state index is 5.62. The third kappa shape index (κ3) is 4.04. The van der Waals surface area contributed by atoms with Crippen LogP contribution in [0.15, 0.2) is 33.6 Å². The highest BCUT2D eigenvalue weighted by Crippen LogP contribution is 2.25. The van der Waals surface area contributed by atoms with E-state index in [1.54, 1.807) is 11.8 Å². The molecule has 2 N–H and O–H groups in total. The normalized spacial score (nSPS) is 10.8. The molecule has 20 heavy (non-hydrogen) atoms. The van der Waals surface area contributed by atoms with Gasteiger partial charge >= 0.3 is 0 Å². The van der Waals surface area contributed by atoms with Gasteiger partial charge < -0.3 is 5.73 Å². The molecule has 5 heteroatoms. The molecule has 1 aromatic heterocycles. The quantitative estimate of drug-likeness (QED) is 0.835. The first-order valence-corrected chi connectivity index (χ1v) is 8.29. The molecule has 0 aliphatic rings. The van der Waals surface area contributed by atoms with Crippen LogP contribution in [0, 0.1) is 13.8 Å². The Hall–Kier alpha value is -0.910. The summed E-state index contributed by atoms with van der Waals surface area (Å²) < 4.78 is 1.09. The number of aromatic nitrogens is 2. The van der Waals surface area contributed by atoms with Crippen molar-refractivity contribution in [1.29, 1.82) is 0 Å². The molecule has 2 rings (SSSR count). The Morgan fingerprint density at radius 1 is 1.20 bits per heavy atom. The van der Waals surface area contributed by atoms with Crippen molar-refractivity contribution in [3.8, 4) is 0 Å². The van der Waals surface area contributed by atoms with Gasteiger partial charge in [0.25, 0.3) is 0 Å². The summed E-state index contributed by atoms with van der Waals surface area (Å²) in [5.74, 6) is 1.66. The fourth-order valence-corrected chi connectivity index (χ4v) is 3.45. The molecular formula is C15H18BrN3S. The summed E-state index contributed by atoms with van der Waals surface area (Å²) in [4.78, 5) is 10.4. The predicted octanol–water partition coefficient (Wildman–Crippen LogP) is 3.65. The van der Waals surface area contributed by atoms with E-state index < -0.39 is 0 Å². The van der Waals surface area contributed by atoms with E-state index in [1.165, 1.54) is 10.5 Å². The number of hydrogen-bond donors (Lipinski definition) is 1. The molecule has 3 nitrogen and oxygen atoms in total. The molecule has 2 aromatic rings. The minimum Gasteiger partial charge on any atom is -0.330 e. The summed E-state index contributed by atoms with van der Waals surface area (Å²) >= 11 is 5.23. The summed E-state index contributed by atoms with van der Waals surface area (Å²) in [5.41, 5.74) is 8.90. The van der Waals surface area contributed by atoms with Gasteiger partial charge in [-0.15, -0.1) is 11.8 Å². The van der Waals surface area contributed by atoms with Gasteiger partial charge in [0.15, 0.2) is 0 Å². The molecule has 0 radical (unpaired) electrons. The zero-order valence-corrected chi connectivity index (χ0v) is 14.1. The number of hydrogen-bond acceptors (Lipinski definition) is 4. The largest absolute Gasteiger partial charge is 0.330 e. The number of nitrogens with two attached hydrogens (primary N) is 1. The van der Waals surface area contributed by atoms with Crippen LogP contribution < -0.4 is 5.73 Å². The van der Waals surface area contributed by atoms with Crippen molar-refractivity contribution in [3.63, 3.8) is 0 Å². The zero-order valence-electron chi connectivity index (χ0n) is 11.7. The summed E-state index contributed by atoms with van der Waals surface area (Å²) in [6.45, 7) is 4.71. The number of nitrogens with zero attached hydrogens (tertiary/aromatic N) is 2. The third-order valence-corrected chi connectivity index (χ3v) is 4.51. The molecule has 1 heterocycles. The molecule has 0 bridgehead atoms. The number of halogens is 1. The number of benzene rings is 1. The molecule has 0 saturated carbocycles. The molecule has 106 valence electrons. The minimum atomic E-state index is 0.636. The van der Waals surface area contributed by atoms with E-state index in [0.29, 0.717) is 6.54 Å².